The van der Waals surface area contributed by atoms with Crippen LogP contribution in [-0.4, -0.2) is 23.8 Å². The van der Waals surface area contributed by atoms with Crippen LogP contribution in [0.5, 0.6) is 0 Å². The number of hydrogen-bond donors (Lipinski definition) is 1. The van der Waals surface area contributed by atoms with E-state index in [-0.39, 0.29) is 6.04 Å². The van der Waals surface area contributed by atoms with Crippen LogP contribution >= 0.6 is 15.9 Å². The van der Waals surface area contributed by atoms with Gasteiger partial charge in [0.1, 0.15) is 0 Å². The summed E-state index contributed by atoms with van der Waals surface area (Å²) in [5, 5.41) is 10.1. The lowest BCUT2D eigenvalue weighted by Gasteiger charge is -2.32. The Morgan fingerprint density at radius 1 is 1.47 bits per heavy atom. The second-order valence-electron chi connectivity index (χ2n) is 4.72. The Kier molecular flexibility index (Phi) is 2.55. The standard InChI is InChI=1S/C12H16BrNO/c1-12(2,15)11-7-8-9(13)5-4-6-10(8)14(11)3/h4-6,11,15H,7H2,1-3H3. The van der Waals surface area contributed by atoms with Crippen molar-refractivity contribution in [3.63, 3.8) is 0 Å². The molecule has 0 bridgehead atoms. The number of halogens is 1. The molecular weight excluding hydrogens is 254 g/mol. The maximum absolute atomic E-state index is 10.1. The Morgan fingerprint density at radius 3 is 2.67 bits per heavy atom. The van der Waals surface area contributed by atoms with Gasteiger partial charge < -0.3 is 10.0 Å². The fourth-order valence-corrected chi connectivity index (χ4v) is 2.82. The van der Waals surface area contributed by atoms with Crippen molar-refractivity contribution in [3.8, 4) is 0 Å². The minimum Gasteiger partial charge on any atom is -0.388 e. The number of aliphatic hydroxyl groups is 1. The van der Waals surface area contributed by atoms with Gasteiger partial charge in [-0.15, -0.1) is 0 Å². The van der Waals surface area contributed by atoms with Gasteiger partial charge in [0.2, 0.25) is 0 Å². The molecule has 2 nitrogen and oxygen atoms in total. The summed E-state index contributed by atoms with van der Waals surface area (Å²) in [5.41, 5.74) is 1.84. The van der Waals surface area contributed by atoms with Gasteiger partial charge in [-0.25, -0.2) is 0 Å². The predicted octanol–water partition coefficient (Wildman–Crippen LogP) is 2.58. The molecule has 1 aromatic carbocycles. The number of nitrogens with zero attached hydrogens (tertiary/aromatic N) is 1. The van der Waals surface area contributed by atoms with Gasteiger partial charge in [-0.05, 0) is 38.0 Å². The zero-order valence-corrected chi connectivity index (χ0v) is 10.9. The molecule has 0 radical (unpaired) electrons. The Morgan fingerprint density at radius 2 is 2.13 bits per heavy atom. The van der Waals surface area contributed by atoms with Crippen LogP contribution in [0.1, 0.15) is 19.4 Å². The summed E-state index contributed by atoms with van der Waals surface area (Å²) in [4.78, 5) is 2.17. The van der Waals surface area contributed by atoms with E-state index in [2.05, 4.69) is 33.0 Å². The minimum absolute atomic E-state index is 0.159. The van der Waals surface area contributed by atoms with Crippen molar-refractivity contribution in [1.29, 1.82) is 0 Å². The molecule has 1 aromatic rings. The Bertz CT molecular complexity index is 384. The highest BCUT2D eigenvalue weighted by atomic mass is 79.9. The largest absolute Gasteiger partial charge is 0.388 e. The molecule has 0 fully saturated rings. The fourth-order valence-electron chi connectivity index (χ4n) is 2.30. The first-order valence-corrected chi connectivity index (χ1v) is 5.93. The molecule has 1 N–H and O–H groups in total. The first-order chi connectivity index (χ1) is 6.91. The topological polar surface area (TPSA) is 23.5 Å². The summed E-state index contributed by atoms with van der Waals surface area (Å²) in [6.07, 6.45) is 0.900. The number of rotatable bonds is 1. The Labute approximate surface area is 99.0 Å². The van der Waals surface area contributed by atoms with Gasteiger partial charge in [-0.2, -0.15) is 0 Å². The smallest absolute Gasteiger partial charge is 0.0797 e. The van der Waals surface area contributed by atoms with Gasteiger partial charge in [-0.3, -0.25) is 0 Å². The quantitative estimate of drug-likeness (QED) is 0.847. The summed E-state index contributed by atoms with van der Waals surface area (Å²) in [5.74, 6) is 0. The number of fused-ring (bicyclic) bond motifs is 1. The van der Waals surface area contributed by atoms with Crippen LogP contribution < -0.4 is 4.90 Å². The second kappa shape index (κ2) is 3.49. The molecule has 3 heteroatoms. The van der Waals surface area contributed by atoms with Gasteiger partial charge in [0.25, 0.3) is 0 Å². The third kappa shape index (κ3) is 1.79. The number of anilines is 1. The highest BCUT2D eigenvalue weighted by molar-refractivity contribution is 9.10. The van der Waals surface area contributed by atoms with Crippen molar-refractivity contribution >= 4 is 21.6 Å². The van der Waals surface area contributed by atoms with E-state index in [0.717, 1.165) is 10.9 Å². The van der Waals surface area contributed by atoms with Gasteiger partial charge in [0.05, 0.1) is 11.6 Å². The van der Waals surface area contributed by atoms with Crippen LogP contribution in [0.2, 0.25) is 0 Å². The fraction of sp³-hybridized carbons (Fsp3) is 0.500. The maximum atomic E-state index is 10.1. The van der Waals surface area contributed by atoms with E-state index in [1.807, 2.05) is 27.0 Å². The van der Waals surface area contributed by atoms with E-state index in [1.54, 1.807) is 0 Å². The van der Waals surface area contributed by atoms with E-state index in [4.69, 9.17) is 0 Å². The normalized spacial score (nSPS) is 20.6. The van der Waals surface area contributed by atoms with E-state index >= 15 is 0 Å². The highest BCUT2D eigenvalue weighted by Gasteiger charge is 2.37. The van der Waals surface area contributed by atoms with Crippen molar-refractivity contribution in [2.45, 2.75) is 31.9 Å². The summed E-state index contributed by atoms with van der Waals surface area (Å²) < 4.78 is 1.14. The number of hydrogen-bond acceptors (Lipinski definition) is 2. The lowest BCUT2D eigenvalue weighted by molar-refractivity contribution is 0.0533. The molecule has 82 valence electrons. The average Bonchev–Trinajstić information content (AvgIpc) is 2.45. The molecule has 0 aliphatic carbocycles. The Hall–Kier alpha value is -0.540. The zero-order chi connectivity index (χ0) is 11.2. The first kappa shape index (κ1) is 11.0. The maximum Gasteiger partial charge on any atom is 0.0797 e. The lowest BCUT2D eigenvalue weighted by Crippen LogP contribution is -2.46. The van der Waals surface area contributed by atoms with Crippen molar-refractivity contribution in [2.75, 3.05) is 11.9 Å². The van der Waals surface area contributed by atoms with E-state index in [0.29, 0.717) is 0 Å². The van der Waals surface area contributed by atoms with Crippen molar-refractivity contribution in [1.82, 2.24) is 0 Å². The van der Waals surface area contributed by atoms with Crippen LogP contribution in [-0.2, 0) is 6.42 Å². The highest BCUT2D eigenvalue weighted by Crippen LogP contribution is 2.38. The lowest BCUT2D eigenvalue weighted by atomic mass is 9.95. The zero-order valence-electron chi connectivity index (χ0n) is 9.29. The summed E-state index contributed by atoms with van der Waals surface area (Å²) in [6, 6.07) is 6.35. The van der Waals surface area contributed by atoms with Gasteiger partial charge >= 0.3 is 0 Å². The van der Waals surface area contributed by atoms with Crippen LogP contribution in [0, 0.1) is 0 Å². The third-order valence-corrected chi connectivity index (χ3v) is 3.90. The van der Waals surface area contributed by atoms with Gasteiger partial charge in [0, 0.05) is 17.2 Å². The van der Waals surface area contributed by atoms with Crippen LogP contribution in [0.4, 0.5) is 5.69 Å². The van der Waals surface area contributed by atoms with Crippen molar-refractivity contribution < 1.29 is 5.11 Å². The van der Waals surface area contributed by atoms with Gasteiger partial charge in [-0.1, -0.05) is 22.0 Å². The molecule has 0 saturated carbocycles. The van der Waals surface area contributed by atoms with E-state index < -0.39 is 5.60 Å². The number of benzene rings is 1. The molecule has 2 rings (SSSR count). The van der Waals surface area contributed by atoms with Crippen LogP contribution in [0.15, 0.2) is 22.7 Å². The molecule has 1 aliphatic heterocycles. The molecule has 0 aromatic heterocycles. The molecule has 15 heavy (non-hydrogen) atoms. The van der Waals surface area contributed by atoms with E-state index in [1.165, 1.54) is 11.3 Å². The predicted molar refractivity (Wildman–Crippen MR) is 66.3 cm³/mol. The van der Waals surface area contributed by atoms with E-state index in [9.17, 15) is 5.11 Å². The monoisotopic (exact) mass is 269 g/mol. The summed E-state index contributed by atoms with van der Waals surface area (Å²) >= 11 is 3.56. The molecule has 0 amide bonds. The number of likely N-dealkylation sites (N-methyl/N-ethyl adjacent to an activating group) is 1. The van der Waals surface area contributed by atoms with Gasteiger partial charge in [0.15, 0.2) is 0 Å². The molecule has 0 spiro atoms. The Balaban J connectivity index is 2.42. The molecular formula is C12H16BrNO. The van der Waals surface area contributed by atoms with Crippen molar-refractivity contribution in [2.24, 2.45) is 0 Å². The summed E-state index contributed by atoms with van der Waals surface area (Å²) in [6.45, 7) is 3.74. The van der Waals surface area contributed by atoms with Crippen LogP contribution in [0.3, 0.4) is 0 Å². The van der Waals surface area contributed by atoms with Crippen LogP contribution in [0.25, 0.3) is 0 Å². The average molecular weight is 270 g/mol. The SMILES string of the molecule is CN1c2cccc(Br)c2CC1C(C)(C)O. The summed E-state index contributed by atoms with van der Waals surface area (Å²) in [7, 11) is 2.04. The minimum atomic E-state index is -0.673. The first-order valence-electron chi connectivity index (χ1n) is 5.14. The third-order valence-electron chi connectivity index (χ3n) is 3.15. The molecule has 1 heterocycles. The molecule has 0 saturated heterocycles. The van der Waals surface area contributed by atoms with Crippen molar-refractivity contribution in [3.05, 3.63) is 28.2 Å². The second-order valence-corrected chi connectivity index (χ2v) is 5.58. The molecule has 1 aliphatic rings. The molecule has 1 unspecified atom stereocenters. The molecule has 1 atom stereocenters.